The normalized spacial score (nSPS) is 10.5. The van der Waals surface area contributed by atoms with Gasteiger partial charge in [-0.1, -0.05) is 12.1 Å². The molecule has 0 aromatic heterocycles. The molecular weight excluding hydrogens is 302 g/mol. The molecular formula is C16H18BrNO. The van der Waals surface area contributed by atoms with Gasteiger partial charge in [0.1, 0.15) is 12.4 Å². The van der Waals surface area contributed by atoms with Crippen LogP contribution in [0.5, 0.6) is 5.75 Å². The molecule has 0 aliphatic carbocycles. The number of benzene rings is 2. The molecule has 2 nitrogen and oxygen atoms in total. The number of hydrogen-bond donors (Lipinski definition) is 1. The van der Waals surface area contributed by atoms with Gasteiger partial charge in [0.25, 0.3) is 0 Å². The Labute approximate surface area is 122 Å². The van der Waals surface area contributed by atoms with Crippen LogP contribution in [0.15, 0.2) is 34.8 Å². The zero-order valence-electron chi connectivity index (χ0n) is 11.5. The van der Waals surface area contributed by atoms with E-state index in [1.165, 1.54) is 16.7 Å². The van der Waals surface area contributed by atoms with Gasteiger partial charge in [-0.15, -0.1) is 0 Å². The number of ether oxygens (including phenoxy) is 1. The maximum Gasteiger partial charge on any atom is 0.123 e. The fourth-order valence-electron chi connectivity index (χ4n) is 1.99. The van der Waals surface area contributed by atoms with Crippen molar-refractivity contribution in [1.82, 2.24) is 0 Å². The van der Waals surface area contributed by atoms with Gasteiger partial charge in [0.2, 0.25) is 0 Å². The van der Waals surface area contributed by atoms with Crippen LogP contribution in [-0.4, -0.2) is 0 Å². The Morgan fingerprint density at radius 2 is 1.84 bits per heavy atom. The van der Waals surface area contributed by atoms with Crippen molar-refractivity contribution in [2.75, 3.05) is 5.73 Å². The summed E-state index contributed by atoms with van der Waals surface area (Å²) in [5.41, 5.74) is 11.3. The van der Waals surface area contributed by atoms with Crippen LogP contribution < -0.4 is 10.5 Å². The van der Waals surface area contributed by atoms with Crippen LogP contribution in [0.3, 0.4) is 0 Å². The monoisotopic (exact) mass is 319 g/mol. The van der Waals surface area contributed by atoms with Crippen LogP contribution in [0.25, 0.3) is 0 Å². The predicted molar refractivity (Wildman–Crippen MR) is 83.5 cm³/mol. The second-order valence-corrected chi connectivity index (χ2v) is 5.70. The third-order valence-electron chi connectivity index (χ3n) is 3.22. The molecule has 2 aromatic rings. The fraction of sp³-hybridized carbons (Fsp3) is 0.250. The molecule has 100 valence electrons. The lowest BCUT2D eigenvalue weighted by molar-refractivity contribution is 0.303. The number of halogens is 1. The Bertz CT molecular complexity index is 608. The summed E-state index contributed by atoms with van der Waals surface area (Å²) in [6.45, 7) is 6.80. The highest BCUT2D eigenvalue weighted by atomic mass is 79.9. The quantitative estimate of drug-likeness (QED) is 0.843. The van der Waals surface area contributed by atoms with Gasteiger partial charge in [-0.25, -0.2) is 0 Å². The molecule has 2 rings (SSSR count). The van der Waals surface area contributed by atoms with Gasteiger partial charge < -0.3 is 10.5 Å². The van der Waals surface area contributed by atoms with Crippen molar-refractivity contribution >= 4 is 21.6 Å². The first-order valence-corrected chi connectivity index (χ1v) is 7.01. The van der Waals surface area contributed by atoms with Crippen LogP contribution >= 0.6 is 15.9 Å². The molecule has 0 aliphatic heterocycles. The number of rotatable bonds is 3. The summed E-state index contributed by atoms with van der Waals surface area (Å²) in [5, 5.41) is 0. The van der Waals surface area contributed by atoms with Crippen LogP contribution in [0, 0.1) is 20.8 Å². The maximum absolute atomic E-state index is 5.91. The number of hydrogen-bond acceptors (Lipinski definition) is 2. The predicted octanol–water partition coefficient (Wildman–Crippen LogP) is 4.54. The minimum absolute atomic E-state index is 0.529. The molecule has 19 heavy (non-hydrogen) atoms. The SMILES string of the molecule is Cc1cc(C)c(C)c(OCc2ccc(Br)c(N)c2)c1. The Morgan fingerprint density at radius 3 is 2.53 bits per heavy atom. The Hall–Kier alpha value is -1.48. The lowest BCUT2D eigenvalue weighted by Crippen LogP contribution is -2.00. The zero-order valence-corrected chi connectivity index (χ0v) is 13.0. The maximum atomic E-state index is 5.91. The largest absolute Gasteiger partial charge is 0.489 e. The van der Waals surface area contributed by atoms with Gasteiger partial charge in [-0.2, -0.15) is 0 Å². The van der Waals surface area contributed by atoms with Gasteiger partial charge in [0, 0.05) is 10.2 Å². The molecule has 0 bridgehead atoms. The minimum atomic E-state index is 0.529. The van der Waals surface area contributed by atoms with Gasteiger partial charge in [-0.3, -0.25) is 0 Å². The lowest BCUT2D eigenvalue weighted by atomic mass is 10.1. The molecule has 0 saturated heterocycles. The van der Waals surface area contributed by atoms with Crippen molar-refractivity contribution in [2.24, 2.45) is 0 Å². The van der Waals surface area contributed by atoms with E-state index in [0.29, 0.717) is 6.61 Å². The highest BCUT2D eigenvalue weighted by Gasteiger charge is 2.05. The Kier molecular flexibility index (Phi) is 4.15. The van der Waals surface area contributed by atoms with Crippen molar-refractivity contribution in [3.05, 3.63) is 57.1 Å². The summed E-state index contributed by atoms with van der Waals surface area (Å²) < 4.78 is 6.82. The van der Waals surface area contributed by atoms with E-state index >= 15 is 0 Å². The molecule has 3 heteroatoms. The summed E-state index contributed by atoms with van der Waals surface area (Å²) in [6.07, 6.45) is 0. The number of anilines is 1. The molecule has 2 aromatic carbocycles. The molecule has 0 radical (unpaired) electrons. The molecule has 0 aliphatic rings. The molecule has 0 amide bonds. The van der Waals surface area contributed by atoms with E-state index < -0.39 is 0 Å². The minimum Gasteiger partial charge on any atom is -0.489 e. The van der Waals surface area contributed by atoms with E-state index in [1.54, 1.807) is 0 Å². The number of nitrogens with two attached hydrogens (primary N) is 1. The third-order valence-corrected chi connectivity index (χ3v) is 3.94. The summed E-state index contributed by atoms with van der Waals surface area (Å²) in [4.78, 5) is 0. The molecule has 0 unspecified atom stereocenters. The highest BCUT2D eigenvalue weighted by Crippen LogP contribution is 2.25. The molecule has 2 N–H and O–H groups in total. The average Bonchev–Trinajstić information content (AvgIpc) is 2.36. The molecule has 0 heterocycles. The van der Waals surface area contributed by atoms with Gasteiger partial charge in [0.05, 0.1) is 0 Å². The van der Waals surface area contributed by atoms with Crippen LogP contribution in [-0.2, 0) is 6.61 Å². The van der Waals surface area contributed by atoms with Gasteiger partial charge in [0.15, 0.2) is 0 Å². The van der Waals surface area contributed by atoms with Crippen molar-refractivity contribution < 1.29 is 4.74 Å². The topological polar surface area (TPSA) is 35.2 Å². The van der Waals surface area contributed by atoms with Crippen LogP contribution in [0.4, 0.5) is 5.69 Å². The van der Waals surface area contributed by atoms with E-state index in [4.69, 9.17) is 10.5 Å². The van der Waals surface area contributed by atoms with Gasteiger partial charge >= 0.3 is 0 Å². The molecule has 0 fully saturated rings. The van der Waals surface area contributed by atoms with Crippen molar-refractivity contribution in [3.8, 4) is 5.75 Å². The molecule has 0 spiro atoms. The highest BCUT2D eigenvalue weighted by molar-refractivity contribution is 9.10. The van der Waals surface area contributed by atoms with Crippen LogP contribution in [0.2, 0.25) is 0 Å². The second-order valence-electron chi connectivity index (χ2n) is 4.85. The third kappa shape index (κ3) is 3.29. The van der Waals surface area contributed by atoms with E-state index in [1.807, 2.05) is 18.2 Å². The summed E-state index contributed by atoms with van der Waals surface area (Å²) in [5.74, 6) is 0.944. The smallest absolute Gasteiger partial charge is 0.123 e. The van der Waals surface area contributed by atoms with Crippen molar-refractivity contribution in [1.29, 1.82) is 0 Å². The standard InChI is InChI=1S/C16H18BrNO/c1-10-6-11(2)12(3)16(7-10)19-9-13-4-5-14(17)15(18)8-13/h4-8H,9,18H2,1-3H3. The van der Waals surface area contributed by atoms with Crippen molar-refractivity contribution in [3.63, 3.8) is 0 Å². The first kappa shape index (κ1) is 13.9. The Balaban J connectivity index is 2.16. The lowest BCUT2D eigenvalue weighted by Gasteiger charge is -2.13. The number of nitrogen functional groups attached to an aromatic ring is 1. The zero-order chi connectivity index (χ0) is 14.0. The molecule has 0 saturated carbocycles. The van der Waals surface area contributed by atoms with E-state index in [2.05, 4.69) is 48.8 Å². The summed E-state index contributed by atoms with van der Waals surface area (Å²) in [6, 6.07) is 10.1. The van der Waals surface area contributed by atoms with Gasteiger partial charge in [-0.05, 0) is 77.2 Å². The summed E-state index contributed by atoms with van der Waals surface area (Å²) in [7, 11) is 0. The summed E-state index contributed by atoms with van der Waals surface area (Å²) >= 11 is 3.39. The van der Waals surface area contributed by atoms with E-state index in [-0.39, 0.29) is 0 Å². The van der Waals surface area contributed by atoms with E-state index in [0.717, 1.165) is 21.5 Å². The molecule has 0 atom stereocenters. The first-order valence-electron chi connectivity index (χ1n) is 6.22. The van der Waals surface area contributed by atoms with Crippen molar-refractivity contribution in [2.45, 2.75) is 27.4 Å². The van der Waals surface area contributed by atoms with Crippen LogP contribution in [0.1, 0.15) is 22.3 Å². The second kappa shape index (κ2) is 5.66. The Morgan fingerprint density at radius 1 is 1.11 bits per heavy atom. The average molecular weight is 320 g/mol. The fourth-order valence-corrected chi connectivity index (χ4v) is 2.24. The first-order chi connectivity index (χ1) is 8.97. The number of aryl methyl sites for hydroxylation is 2. The van der Waals surface area contributed by atoms with E-state index in [9.17, 15) is 0 Å².